The molecule has 0 unspecified atom stereocenters. The number of rotatable bonds is 7. The number of hydrogen-bond donors (Lipinski definition) is 1. The Labute approximate surface area is 171 Å². The molecule has 0 atom stereocenters. The smallest absolute Gasteiger partial charge is 0.230 e. The van der Waals surface area contributed by atoms with E-state index in [9.17, 15) is 4.79 Å². The Morgan fingerprint density at radius 2 is 1.89 bits per heavy atom. The first-order valence-corrected chi connectivity index (χ1v) is 10.7. The van der Waals surface area contributed by atoms with Gasteiger partial charge >= 0.3 is 0 Å². The van der Waals surface area contributed by atoms with Gasteiger partial charge in [0.15, 0.2) is 5.16 Å². The summed E-state index contributed by atoms with van der Waals surface area (Å²) in [5.41, 5.74) is 2.49. The fraction of sp³-hybridized carbons (Fsp3) is 0.238. The minimum atomic E-state index is 0.0487. The van der Waals surface area contributed by atoms with Crippen LogP contribution in [-0.4, -0.2) is 27.8 Å². The van der Waals surface area contributed by atoms with Gasteiger partial charge in [-0.2, -0.15) is 0 Å². The van der Waals surface area contributed by atoms with Crippen LogP contribution >= 0.6 is 27.7 Å². The molecule has 0 aliphatic heterocycles. The Hall–Kier alpha value is -2.05. The maximum atomic E-state index is 12.4. The van der Waals surface area contributed by atoms with Crippen LogP contribution in [0, 0.1) is 0 Å². The van der Waals surface area contributed by atoms with Crippen molar-refractivity contribution in [3.8, 4) is 5.69 Å². The van der Waals surface area contributed by atoms with Crippen LogP contribution in [-0.2, 0) is 10.2 Å². The highest BCUT2D eigenvalue weighted by Gasteiger charge is 2.44. The molecular weight excluding hydrogens is 422 g/mol. The van der Waals surface area contributed by atoms with Crippen LogP contribution in [0.15, 0.2) is 76.6 Å². The van der Waals surface area contributed by atoms with Crippen molar-refractivity contribution in [3.63, 3.8) is 0 Å². The summed E-state index contributed by atoms with van der Waals surface area (Å²) in [5.74, 6) is 0.408. The number of amides is 1. The summed E-state index contributed by atoms with van der Waals surface area (Å²) >= 11 is 4.90. The molecule has 1 saturated carbocycles. The quantitative estimate of drug-likeness (QED) is 0.545. The van der Waals surface area contributed by atoms with Gasteiger partial charge in [0.25, 0.3) is 0 Å². The molecule has 2 aromatic carbocycles. The number of carbonyl (C=O) groups excluding carboxylic acids is 1. The number of hydrogen-bond acceptors (Lipinski definition) is 3. The van der Waals surface area contributed by atoms with Crippen LogP contribution in [0.1, 0.15) is 18.4 Å². The summed E-state index contributed by atoms with van der Waals surface area (Å²) in [4.78, 5) is 16.8. The van der Waals surface area contributed by atoms with Gasteiger partial charge in [0.2, 0.25) is 5.91 Å². The third kappa shape index (κ3) is 4.28. The molecule has 0 saturated heterocycles. The SMILES string of the molecule is O=C(CSc1nccn1-c1ccc(Br)cc1)NCC1(c2ccccc2)CC1. The molecule has 1 aromatic heterocycles. The summed E-state index contributed by atoms with van der Waals surface area (Å²) in [6.45, 7) is 0.706. The summed E-state index contributed by atoms with van der Waals surface area (Å²) in [7, 11) is 0. The van der Waals surface area contributed by atoms with Crippen molar-refractivity contribution >= 4 is 33.6 Å². The summed E-state index contributed by atoms with van der Waals surface area (Å²) < 4.78 is 3.03. The molecule has 0 radical (unpaired) electrons. The molecule has 1 N–H and O–H groups in total. The van der Waals surface area contributed by atoms with Gasteiger partial charge in [-0.25, -0.2) is 4.98 Å². The highest BCUT2D eigenvalue weighted by atomic mass is 79.9. The molecule has 1 fully saturated rings. The van der Waals surface area contributed by atoms with Gasteiger partial charge in [-0.15, -0.1) is 0 Å². The predicted molar refractivity (Wildman–Crippen MR) is 112 cm³/mol. The number of benzene rings is 2. The van der Waals surface area contributed by atoms with E-state index in [1.807, 2.05) is 41.1 Å². The van der Waals surface area contributed by atoms with Gasteiger partial charge in [-0.1, -0.05) is 58.0 Å². The Balaban J connectivity index is 1.33. The molecule has 1 amide bonds. The second-order valence-electron chi connectivity index (χ2n) is 6.77. The predicted octanol–water partition coefficient (Wildman–Crippen LogP) is 4.57. The van der Waals surface area contributed by atoms with Gasteiger partial charge in [0.05, 0.1) is 5.75 Å². The molecule has 1 aliphatic carbocycles. The Morgan fingerprint density at radius 1 is 1.15 bits per heavy atom. The molecule has 1 heterocycles. The van der Waals surface area contributed by atoms with Crippen LogP contribution in [0.4, 0.5) is 0 Å². The van der Waals surface area contributed by atoms with Gasteiger partial charge in [0.1, 0.15) is 0 Å². The molecule has 6 heteroatoms. The largest absolute Gasteiger partial charge is 0.354 e. The van der Waals surface area contributed by atoms with E-state index < -0.39 is 0 Å². The fourth-order valence-corrected chi connectivity index (χ4v) is 4.22. The van der Waals surface area contributed by atoms with Gasteiger partial charge < -0.3 is 5.32 Å². The monoisotopic (exact) mass is 441 g/mol. The Morgan fingerprint density at radius 3 is 2.59 bits per heavy atom. The topological polar surface area (TPSA) is 46.9 Å². The van der Waals surface area contributed by atoms with Crippen LogP contribution in [0.25, 0.3) is 5.69 Å². The lowest BCUT2D eigenvalue weighted by Gasteiger charge is -2.16. The number of aromatic nitrogens is 2. The number of halogens is 1. The first-order chi connectivity index (χ1) is 13.2. The maximum absolute atomic E-state index is 12.4. The van der Waals surface area contributed by atoms with Crippen LogP contribution in [0.3, 0.4) is 0 Å². The zero-order valence-electron chi connectivity index (χ0n) is 14.8. The first kappa shape index (κ1) is 18.3. The molecule has 0 spiro atoms. The van der Waals surface area contributed by atoms with Crippen molar-refractivity contribution in [2.45, 2.75) is 23.4 Å². The van der Waals surface area contributed by atoms with E-state index in [1.54, 1.807) is 6.20 Å². The highest BCUT2D eigenvalue weighted by molar-refractivity contribution is 9.10. The average Bonchev–Trinajstić information content (AvgIpc) is 3.36. The average molecular weight is 442 g/mol. The van der Waals surface area contributed by atoms with E-state index in [-0.39, 0.29) is 11.3 Å². The number of nitrogens with zero attached hydrogens (tertiary/aromatic N) is 2. The molecule has 138 valence electrons. The van der Waals surface area contributed by atoms with E-state index >= 15 is 0 Å². The molecule has 27 heavy (non-hydrogen) atoms. The number of carbonyl (C=O) groups is 1. The minimum Gasteiger partial charge on any atom is -0.354 e. The number of nitrogens with one attached hydrogen (secondary N) is 1. The third-order valence-corrected chi connectivity index (χ3v) is 6.40. The standard InChI is InChI=1S/C21H20BrN3OS/c22-17-6-8-18(9-7-17)25-13-12-23-20(25)27-14-19(26)24-15-21(10-11-21)16-4-2-1-3-5-16/h1-9,12-13H,10-11,14-15H2,(H,24,26). The Bertz CT molecular complexity index is 920. The summed E-state index contributed by atoms with van der Waals surface area (Å²) in [6, 6.07) is 18.5. The van der Waals surface area contributed by atoms with E-state index in [2.05, 4.69) is 50.5 Å². The lowest BCUT2D eigenvalue weighted by atomic mass is 9.96. The lowest BCUT2D eigenvalue weighted by molar-refractivity contribution is -0.118. The number of thioether (sulfide) groups is 1. The third-order valence-electron chi connectivity index (χ3n) is 4.91. The van der Waals surface area contributed by atoms with Crippen molar-refractivity contribution < 1.29 is 4.79 Å². The first-order valence-electron chi connectivity index (χ1n) is 8.91. The van der Waals surface area contributed by atoms with E-state index in [0.29, 0.717) is 12.3 Å². The normalized spacial score (nSPS) is 14.7. The second-order valence-corrected chi connectivity index (χ2v) is 8.63. The lowest BCUT2D eigenvalue weighted by Crippen LogP contribution is -2.33. The van der Waals surface area contributed by atoms with Gasteiger partial charge in [-0.3, -0.25) is 9.36 Å². The highest BCUT2D eigenvalue weighted by Crippen LogP contribution is 2.47. The van der Waals surface area contributed by atoms with E-state index in [0.717, 1.165) is 28.2 Å². The zero-order chi connectivity index (χ0) is 18.7. The second kappa shape index (κ2) is 7.90. The summed E-state index contributed by atoms with van der Waals surface area (Å²) in [5, 5.41) is 3.93. The van der Waals surface area contributed by atoms with Crippen LogP contribution in [0.5, 0.6) is 0 Å². The van der Waals surface area contributed by atoms with Gasteiger partial charge in [0, 0.05) is 34.5 Å². The minimum absolute atomic E-state index is 0.0487. The molecule has 0 bridgehead atoms. The van der Waals surface area contributed by atoms with Crippen molar-refractivity contribution in [3.05, 3.63) is 77.0 Å². The molecule has 4 rings (SSSR count). The van der Waals surface area contributed by atoms with Gasteiger partial charge in [-0.05, 0) is 42.7 Å². The summed E-state index contributed by atoms with van der Waals surface area (Å²) in [6.07, 6.45) is 5.95. The van der Waals surface area contributed by atoms with E-state index in [1.165, 1.54) is 17.3 Å². The van der Waals surface area contributed by atoms with Crippen molar-refractivity contribution in [2.75, 3.05) is 12.3 Å². The zero-order valence-corrected chi connectivity index (χ0v) is 17.2. The fourth-order valence-electron chi connectivity index (χ4n) is 3.15. The molecule has 1 aliphatic rings. The molecular formula is C21H20BrN3OS. The van der Waals surface area contributed by atoms with Crippen molar-refractivity contribution in [1.82, 2.24) is 14.9 Å². The molecule has 3 aromatic rings. The van der Waals surface area contributed by atoms with Crippen LogP contribution < -0.4 is 5.32 Å². The van der Waals surface area contributed by atoms with Crippen LogP contribution in [0.2, 0.25) is 0 Å². The molecule has 4 nitrogen and oxygen atoms in total. The number of imidazole rings is 1. The maximum Gasteiger partial charge on any atom is 0.230 e. The van der Waals surface area contributed by atoms with Crippen molar-refractivity contribution in [2.24, 2.45) is 0 Å². The van der Waals surface area contributed by atoms with Crippen molar-refractivity contribution in [1.29, 1.82) is 0 Å². The van der Waals surface area contributed by atoms with E-state index in [4.69, 9.17) is 0 Å². The Kier molecular flexibility index (Phi) is 5.36.